The zero-order valence-corrected chi connectivity index (χ0v) is 11.6. The topological polar surface area (TPSA) is 65.4 Å². The molecule has 1 saturated heterocycles. The number of hydrogen-bond acceptors (Lipinski definition) is 5. The summed E-state index contributed by atoms with van der Waals surface area (Å²) in [5.41, 5.74) is 1.69. The zero-order valence-electron chi connectivity index (χ0n) is 11.6. The lowest BCUT2D eigenvalue weighted by Gasteiger charge is -2.34. The number of rotatable bonds is 4. The molecule has 1 unspecified atom stereocenters. The summed E-state index contributed by atoms with van der Waals surface area (Å²) in [6, 6.07) is 9.38. The Kier molecular flexibility index (Phi) is 5.10. The van der Waals surface area contributed by atoms with Gasteiger partial charge in [0.1, 0.15) is 6.04 Å². The normalized spacial score (nSPS) is 19.3. The quantitative estimate of drug-likeness (QED) is 0.826. The van der Waals surface area contributed by atoms with Gasteiger partial charge in [-0.15, -0.1) is 0 Å². The average Bonchev–Trinajstić information content (AvgIpc) is 2.48. The van der Waals surface area contributed by atoms with E-state index >= 15 is 0 Å². The number of carbonyl (C=O) groups is 1. The SMILES string of the molecule is CCOC(=O)C1CNCCN1Cc1cccc(C#N)c1. The van der Waals surface area contributed by atoms with Crippen molar-refractivity contribution in [3.8, 4) is 6.07 Å². The van der Waals surface area contributed by atoms with E-state index < -0.39 is 0 Å². The molecule has 0 radical (unpaired) electrons. The van der Waals surface area contributed by atoms with Gasteiger partial charge < -0.3 is 10.1 Å². The number of nitrogens with zero attached hydrogens (tertiary/aromatic N) is 2. The molecule has 0 saturated carbocycles. The van der Waals surface area contributed by atoms with E-state index in [-0.39, 0.29) is 12.0 Å². The van der Waals surface area contributed by atoms with Crippen LogP contribution in [0.15, 0.2) is 24.3 Å². The summed E-state index contributed by atoms with van der Waals surface area (Å²) in [4.78, 5) is 14.1. The van der Waals surface area contributed by atoms with Gasteiger partial charge in [-0.25, -0.2) is 0 Å². The van der Waals surface area contributed by atoms with Crippen LogP contribution in [0, 0.1) is 11.3 Å². The van der Waals surface area contributed by atoms with Crippen LogP contribution >= 0.6 is 0 Å². The molecule has 1 heterocycles. The van der Waals surface area contributed by atoms with Gasteiger partial charge in [0.2, 0.25) is 0 Å². The highest BCUT2D eigenvalue weighted by Crippen LogP contribution is 2.13. The van der Waals surface area contributed by atoms with Gasteiger partial charge in [0.25, 0.3) is 0 Å². The molecule has 0 spiro atoms. The molecule has 1 aliphatic heterocycles. The summed E-state index contributed by atoms with van der Waals surface area (Å²) >= 11 is 0. The average molecular weight is 273 g/mol. The van der Waals surface area contributed by atoms with Crippen LogP contribution in [0.4, 0.5) is 0 Å². The molecular weight excluding hydrogens is 254 g/mol. The van der Waals surface area contributed by atoms with Gasteiger partial charge in [-0.05, 0) is 24.6 Å². The molecule has 1 aliphatic rings. The van der Waals surface area contributed by atoms with Crippen molar-refractivity contribution in [2.24, 2.45) is 0 Å². The summed E-state index contributed by atoms with van der Waals surface area (Å²) in [5, 5.41) is 12.1. The summed E-state index contributed by atoms with van der Waals surface area (Å²) in [6.45, 7) is 5.12. The van der Waals surface area contributed by atoms with E-state index in [1.165, 1.54) is 0 Å². The second-order valence-corrected chi connectivity index (χ2v) is 4.75. The van der Waals surface area contributed by atoms with Crippen molar-refractivity contribution >= 4 is 5.97 Å². The molecule has 106 valence electrons. The molecule has 0 amide bonds. The molecule has 1 N–H and O–H groups in total. The number of esters is 1. The standard InChI is InChI=1S/C15H19N3O2/c1-2-20-15(19)14-10-17-6-7-18(14)11-13-5-3-4-12(8-13)9-16/h3-5,8,14,17H,2,6-7,10-11H2,1H3. The maximum absolute atomic E-state index is 12.0. The molecule has 0 bridgehead atoms. The lowest BCUT2D eigenvalue weighted by atomic mass is 10.1. The number of piperazine rings is 1. The lowest BCUT2D eigenvalue weighted by molar-refractivity contribution is -0.150. The van der Waals surface area contributed by atoms with E-state index in [0.29, 0.717) is 25.3 Å². The third kappa shape index (κ3) is 3.56. The molecule has 5 heteroatoms. The summed E-state index contributed by atoms with van der Waals surface area (Å²) in [7, 11) is 0. The van der Waals surface area contributed by atoms with Gasteiger partial charge in [-0.1, -0.05) is 12.1 Å². The Labute approximate surface area is 119 Å². The Morgan fingerprint density at radius 3 is 3.20 bits per heavy atom. The van der Waals surface area contributed by atoms with Gasteiger partial charge in [-0.2, -0.15) is 5.26 Å². The van der Waals surface area contributed by atoms with Gasteiger partial charge in [0.15, 0.2) is 0 Å². The van der Waals surface area contributed by atoms with E-state index in [1.807, 2.05) is 25.1 Å². The fourth-order valence-corrected chi connectivity index (χ4v) is 2.38. The number of benzene rings is 1. The summed E-state index contributed by atoms with van der Waals surface area (Å²) in [5.74, 6) is -0.184. The molecule has 2 rings (SSSR count). The monoisotopic (exact) mass is 273 g/mol. The van der Waals surface area contributed by atoms with Crippen molar-refractivity contribution in [2.45, 2.75) is 19.5 Å². The number of carbonyl (C=O) groups excluding carboxylic acids is 1. The van der Waals surface area contributed by atoms with Gasteiger partial charge in [0.05, 0.1) is 18.2 Å². The first-order chi connectivity index (χ1) is 9.74. The highest BCUT2D eigenvalue weighted by molar-refractivity contribution is 5.76. The zero-order chi connectivity index (χ0) is 14.4. The van der Waals surface area contributed by atoms with E-state index in [2.05, 4.69) is 16.3 Å². The van der Waals surface area contributed by atoms with E-state index in [0.717, 1.165) is 18.7 Å². The molecular formula is C15H19N3O2. The van der Waals surface area contributed by atoms with E-state index in [1.54, 1.807) is 6.07 Å². The van der Waals surface area contributed by atoms with Crippen molar-refractivity contribution in [1.82, 2.24) is 10.2 Å². The molecule has 0 aliphatic carbocycles. The first kappa shape index (κ1) is 14.5. The fraction of sp³-hybridized carbons (Fsp3) is 0.467. The number of nitriles is 1. The minimum absolute atomic E-state index is 0.184. The lowest BCUT2D eigenvalue weighted by Crippen LogP contribution is -2.54. The maximum atomic E-state index is 12.0. The van der Waals surface area contributed by atoms with Crippen LogP contribution in [-0.2, 0) is 16.1 Å². The van der Waals surface area contributed by atoms with Gasteiger partial charge in [-0.3, -0.25) is 9.69 Å². The Bertz CT molecular complexity index is 510. The van der Waals surface area contributed by atoms with Crippen molar-refractivity contribution in [3.05, 3.63) is 35.4 Å². The van der Waals surface area contributed by atoms with Crippen LogP contribution in [0.25, 0.3) is 0 Å². The molecule has 1 aromatic carbocycles. The Balaban J connectivity index is 2.08. The second-order valence-electron chi connectivity index (χ2n) is 4.75. The predicted octanol–water partition coefficient (Wildman–Crippen LogP) is 0.895. The highest BCUT2D eigenvalue weighted by atomic mass is 16.5. The molecule has 0 aromatic heterocycles. The molecule has 20 heavy (non-hydrogen) atoms. The first-order valence-electron chi connectivity index (χ1n) is 6.85. The third-order valence-corrected chi connectivity index (χ3v) is 3.35. The van der Waals surface area contributed by atoms with Crippen molar-refractivity contribution in [1.29, 1.82) is 5.26 Å². The van der Waals surface area contributed by atoms with Crippen molar-refractivity contribution in [2.75, 3.05) is 26.2 Å². The molecule has 1 fully saturated rings. The summed E-state index contributed by atoms with van der Waals surface area (Å²) in [6.07, 6.45) is 0. The van der Waals surface area contributed by atoms with Gasteiger partial charge in [0, 0.05) is 26.2 Å². The Hall–Kier alpha value is -1.90. The maximum Gasteiger partial charge on any atom is 0.324 e. The van der Waals surface area contributed by atoms with Crippen molar-refractivity contribution in [3.63, 3.8) is 0 Å². The Morgan fingerprint density at radius 1 is 1.60 bits per heavy atom. The molecule has 5 nitrogen and oxygen atoms in total. The molecule has 1 atom stereocenters. The predicted molar refractivity (Wildman–Crippen MR) is 74.9 cm³/mol. The van der Waals surface area contributed by atoms with Crippen LogP contribution in [0.5, 0.6) is 0 Å². The minimum Gasteiger partial charge on any atom is -0.465 e. The third-order valence-electron chi connectivity index (χ3n) is 3.35. The second kappa shape index (κ2) is 7.04. The summed E-state index contributed by atoms with van der Waals surface area (Å²) < 4.78 is 5.12. The van der Waals surface area contributed by atoms with E-state index in [9.17, 15) is 4.79 Å². The van der Waals surface area contributed by atoms with Crippen LogP contribution < -0.4 is 5.32 Å². The minimum atomic E-state index is -0.255. The fourth-order valence-electron chi connectivity index (χ4n) is 2.38. The molecule has 1 aromatic rings. The smallest absolute Gasteiger partial charge is 0.324 e. The van der Waals surface area contributed by atoms with Crippen LogP contribution in [0.3, 0.4) is 0 Å². The van der Waals surface area contributed by atoms with Crippen LogP contribution in [-0.4, -0.2) is 43.2 Å². The first-order valence-corrected chi connectivity index (χ1v) is 6.85. The van der Waals surface area contributed by atoms with E-state index in [4.69, 9.17) is 10.00 Å². The van der Waals surface area contributed by atoms with Crippen LogP contribution in [0.1, 0.15) is 18.1 Å². The van der Waals surface area contributed by atoms with Crippen LogP contribution in [0.2, 0.25) is 0 Å². The Morgan fingerprint density at radius 2 is 2.45 bits per heavy atom. The largest absolute Gasteiger partial charge is 0.465 e. The van der Waals surface area contributed by atoms with Gasteiger partial charge >= 0.3 is 5.97 Å². The number of hydrogen-bond donors (Lipinski definition) is 1. The number of ether oxygens (including phenoxy) is 1. The highest BCUT2D eigenvalue weighted by Gasteiger charge is 2.29. The van der Waals surface area contributed by atoms with Crippen molar-refractivity contribution < 1.29 is 9.53 Å². The number of nitrogens with one attached hydrogen (secondary N) is 1.